The lowest BCUT2D eigenvalue weighted by atomic mass is 9.92. The molecular weight excluding hydrogens is 657 g/mol. The molecule has 1 aliphatic heterocycles. The molecule has 4 rings (SSSR count). The Balaban J connectivity index is 1.52. The molecule has 8 atom stereocenters. The largest absolute Gasteiger partial charge is 0.344 e. The van der Waals surface area contributed by atoms with Gasteiger partial charge in [-0.25, -0.2) is 9.37 Å². The summed E-state index contributed by atoms with van der Waals surface area (Å²) in [5.74, 6) is -6.02. The molecule has 1 aliphatic carbocycles. The van der Waals surface area contributed by atoms with E-state index in [-0.39, 0.29) is 31.0 Å². The number of likely N-dealkylation sites (tertiary alicyclic amines) is 1. The summed E-state index contributed by atoms with van der Waals surface area (Å²) in [6.45, 7) is 10.5. The van der Waals surface area contributed by atoms with Crippen molar-refractivity contribution >= 4 is 35.3 Å². The van der Waals surface area contributed by atoms with E-state index in [0.717, 1.165) is 5.56 Å². The minimum atomic E-state index is -1.23. The average Bonchev–Trinajstić information content (AvgIpc) is 3.68. The quantitative estimate of drug-likeness (QED) is 0.204. The summed E-state index contributed by atoms with van der Waals surface area (Å²) in [6.07, 6.45) is 4.08. The maximum atomic E-state index is 15.2. The summed E-state index contributed by atoms with van der Waals surface area (Å²) in [7, 11) is 0. The first-order chi connectivity index (χ1) is 24.2. The highest BCUT2D eigenvalue weighted by molar-refractivity contribution is 6.38. The maximum absolute atomic E-state index is 15.2. The number of hydrogen-bond acceptors (Lipinski definition) is 8. The summed E-state index contributed by atoms with van der Waals surface area (Å²) in [5, 5.41) is 10.9. The van der Waals surface area contributed by atoms with Gasteiger partial charge in [0, 0.05) is 24.9 Å². The zero-order valence-corrected chi connectivity index (χ0v) is 30.1. The molecule has 276 valence electrons. The Bertz CT molecular complexity index is 1560. The fourth-order valence-corrected chi connectivity index (χ4v) is 6.99. The van der Waals surface area contributed by atoms with Crippen molar-refractivity contribution in [2.24, 2.45) is 23.7 Å². The molecule has 0 bridgehead atoms. The molecule has 1 saturated heterocycles. The molecule has 1 aromatic heterocycles. The molecule has 2 aromatic rings. The molecule has 2 heterocycles. The smallest absolute Gasteiger partial charge is 0.290 e. The molecule has 1 saturated carbocycles. The number of nitrogens with zero attached hydrogens (tertiary/aromatic N) is 3. The first-order valence-electron chi connectivity index (χ1n) is 17.8. The fourth-order valence-electron chi connectivity index (χ4n) is 6.99. The lowest BCUT2D eigenvalue weighted by molar-refractivity contribution is -0.145. The van der Waals surface area contributed by atoms with Crippen LogP contribution < -0.4 is 21.3 Å². The number of benzene rings is 1. The van der Waals surface area contributed by atoms with Crippen molar-refractivity contribution in [2.75, 3.05) is 6.54 Å². The number of ketones is 1. The minimum absolute atomic E-state index is 0.0220. The van der Waals surface area contributed by atoms with Crippen LogP contribution in [-0.2, 0) is 24.0 Å². The van der Waals surface area contributed by atoms with E-state index >= 15 is 4.39 Å². The second-order valence-corrected chi connectivity index (χ2v) is 14.2. The Morgan fingerprint density at radius 3 is 2.16 bits per heavy atom. The average molecular weight is 708 g/mol. The third kappa shape index (κ3) is 9.33. The third-order valence-electron chi connectivity index (χ3n) is 9.83. The first kappa shape index (κ1) is 39.0. The SMILES string of the molecule is CCCC(NC(=O)[C@@H]1[C@H]2CC[C@H](F)[C@H]2CN1C(=O)[C@@H](NC(=O)[C@H](NC(=O)c1cnccn1)C(C)C)C(C)C)C(=O)C(=O)N[C@H](C)c1ccccc1. The van der Waals surface area contributed by atoms with Crippen molar-refractivity contribution in [1.82, 2.24) is 36.1 Å². The number of alkyl halides is 1. The highest BCUT2D eigenvalue weighted by Crippen LogP contribution is 2.44. The molecule has 13 nitrogen and oxygen atoms in total. The van der Waals surface area contributed by atoms with Crippen molar-refractivity contribution in [3.05, 3.63) is 60.2 Å². The molecule has 51 heavy (non-hydrogen) atoms. The highest BCUT2D eigenvalue weighted by atomic mass is 19.1. The topological polar surface area (TPSA) is 180 Å². The van der Waals surface area contributed by atoms with Gasteiger partial charge >= 0.3 is 0 Å². The van der Waals surface area contributed by atoms with Gasteiger partial charge in [-0.2, -0.15) is 0 Å². The van der Waals surface area contributed by atoms with E-state index in [9.17, 15) is 28.8 Å². The molecule has 2 aliphatic rings. The standard InChI is InChI=1S/C37H50FN7O6/c1-7-11-27(32(46)36(50)41-22(6)23-12-9-8-10-13-23)42-35(49)31-24-14-15-26(38)25(24)19-45(31)37(51)30(21(4)5)44-34(48)29(20(2)3)43-33(47)28-18-39-16-17-40-28/h8-10,12-13,16-18,20-22,24-27,29-31H,7,11,14-15,19H2,1-6H3,(H,41,50)(H,42,49)(H,43,47)(H,44,48)/t22-,24+,25+,26+,27?,29-,30+,31+/m1/s1. The van der Waals surface area contributed by atoms with Gasteiger partial charge in [-0.05, 0) is 49.5 Å². The van der Waals surface area contributed by atoms with E-state index < -0.39 is 89.5 Å². The first-order valence-corrected chi connectivity index (χ1v) is 17.8. The van der Waals surface area contributed by atoms with Gasteiger partial charge in [0.2, 0.25) is 23.5 Å². The normalized spacial score (nSPS) is 22.0. The van der Waals surface area contributed by atoms with Gasteiger partial charge in [0.15, 0.2) is 0 Å². The van der Waals surface area contributed by atoms with Crippen LogP contribution in [0.5, 0.6) is 0 Å². The number of halogens is 1. The van der Waals surface area contributed by atoms with Crippen LogP contribution >= 0.6 is 0 Å². The van der Waals surface area contributed by atoms with Crippen LogP contribution in [0.4, 0.5) is 4.39 Å². The van der Waals surface area contributed by atoms with Crippen molar-refractivity contribution in [2.45, 2.75) is 104 Å². The number of carbonyl (C=O) groups is 6. The van der Waals surface area contributed by atoms with Gasteiger partial charge in [0.05, 0.1) is 18.3 Å². The van der Waals surface area contributed by atoms with Crippen LogP contribution in [0.2, 0.25) is 0 Å². The zero-order valence-electron chi connectivity index (χ0n) is 30.1. The minimum Gasteiger partial charge on any atom is -0.344 e. The second kappa shape index (κ2) is 17.5. The van der Waals surface area contributed by atoms with E-state index in [0.29, 0.717) is 12.8 Å². The van der Waals surface area contributed by atoms with Crippen LogP contribution in [-0.4, -0.2) is 87.1 Å². The Morgan fingerprint density at radius 1 is 0.863 bits per heavy atom. The second-order valence-electron chi connectivity index (χ2n) is 14.2. The summed E-state index contributed by atoms with van der Waals surface area (Å²) >= 11 is 0. The number of hydrogen-bond donors (Lipinski definition) is 4. The van der Waals surface area contributed by atoms with Gasteiger partial charge in [0.1, 0.15) is 30.0 Å². The molecule has 0 radical (unpaired) electrons. The molecule has 1 unspecified atom stereocenters. The Hall–Kier alpha value is -4.75. The lowest BCUT2D eigenvalue weighted by Crippen LogP contribution is -2.60. The van der Waals surface area contributed by atoms with Crippen LogP contribution in [0.1, 0.15) is 89.3 Å². The fraction of sp³-hybridized carbons (Fsp3) is 0.568. The molecule has 4 N–H and O–H groups in total. The Morgan fingerprint density at radius 2 is 1.55 bits per heavy atom. The summed E-state index contributed by atoms with van der Waals surface area (Å²) in [4.78, 5) is 90.5. The summed E-state index contributed by atoms with van der Waals surface area (Å²) in [6, 6.07) is 4.27. The molecule has 0 spiro atoms. The molecule has 14 heteroatoms. The zero-order chi connectivity index (χ0) is 37.4. The molecule has 2 fully saturated rings. The molecule has 1 aromatic carbocycles. The number of carbonyl (C=O) groups excluding carboxylic acids is 6. The number of fused-ring (bicyclic) bond motifs is 1. The van der Waals surface area contributed by atoms with E-state index in [1.54, 1.807) is 34.6 Å². The van der Waals surface area contributed by atoms with Crippen LogP contribution in [0.3, 0.4) is 0 Å². The monoisotopic (exact) mass is 707 g/mol. The van der Waals surface area contributed by atoms with E-state index in [4.69, 9.17) is 0 Å². The number of Topliss-reactive ketones (excluding diaryl/α,β-unsaturated/α-hetero) is 1. The number of nitrogens with one attached hydrogen (secondary N) is 4. The van der Waals surface area contributed by atoms with Gasteiger partial charge in [-0.15, -0.1) is 0 Å². The summed E-state index contributed by atoms with van der Waals surface area (Å²) in [5.41, 5.74) is 0.830. The van der Waals surface area contributed by atoms with Crippen LogP contribution in [0.25, 0.3) is 0 Å². The predicted molar refractivity (Wildman–Crippen MR) is 186 cm³/mol. The third-order valence-corrected chi connectivity index (χ3v) is 9.83. The number of amides is 5. The number of rotatable bonds is 15. The van der Waals surface area contributed by atoms with Crippen molar-refractivity contribution < 1.29 is 33.2 Å². The lowest BCUT2D eigenvalue weighted by Gasteiger charge is -2.34. The summed E-state index contributed by atoms with van der Waals surface area (Å²) < 4.78 is 15.2. The van der Waals surface area contributed by atoms with Gasteiger partial charge in [-0.1, -0.05) is 71.4 Å². The molecule has 5 amide bonds. The van der Waals surface area contributed by atoms with Gasteiger partial charge < -0.3 is 26.2 Å². The van der Waals surface area contributed by atoms with Crippen LogP contribution in [0, 0.1) is 23.7 Å². The highest BCUT2D eigenvalue weighted by Gasteiger charge is 2.55. The Kier molecular flexibility index (Phi) is 13.4. The van der Waals surface area contributed by atoms with Crippen LogP contribution in [0.15, 0.2) is 48.9 Å². The molecular formula is C37H50FN7O6. The van der Waals surface area contributed by atoms with Crippen molar-refractivity contribution in [1.29, 1.82) is 0 Å². The van der Waals surface area contributed by atoms with Gasteiger partial charge in [0.25, 0.3) is 11.8 Å². The van der Waals surface area contributed by atoms with E-state index in [1.165, 1.54) is 23.5 Å². The van der Waals surface area contributed by atoms with Crippen molar-refractivity contribution in [3.8, 4) is 0 Å². The Labute approximate surface area is 298 Å². The van der Waals surface area contributed by atoms with E-state index in [2.05, 4.69) is 31.2 Å². The van der Waals surface area contributed by atoms with Gasteiger partial charge in [-0.3, -0.25) is 33.8 Å². The maximum Gasteiger partial charge on any atom is 0.290 e. The number of aromatic nitrogens is 2. The van der Waals surface area contributed by atoms with E-state index in [1.807, 2.05) is 37.3 Å². The predicted octanol–water partition coefficient (Wildman–Crippen LogP) is 2.68. The van der Waals surface area contributed by atoms with Crippen molar-refractivity contribution in [3.63, 3.8) is 0 Å².